The van der Waals surface area contributed by atoms with Crippen LogP contribution in [0.2, 0.25) is 0 Å². The fraction of sp³-hybridized carbons (Fsp3) is 0.150. The molecule has 5 nitrogen and oxygen atoms in total. The van der Waals surface area contributed by atoms with Crippen molar-refractivity contribution in [3.63, 3.8) is 0 Å². The minimum Gasteiger partial charge on any atom is -0.366 e. The summed E-state index contributed by atoms with van der Waals surface area (Å²) in [7, 11) is 0. The van der Waals surface area contributed by atoms with Crippen molar-refractivity contribution in [3.8, 4) is 0 Å². The number of amides is 1. The Bertz CT molecular complexity index is 896. The van der Waals surface area contributed by atoms with Crippen LogP contribution in [0, 0.1) is 12.7 Å². The molecule has 0 saturated heterocycles. The highest BCUT2D eigenvalue weighted by atomic mass is 19.1. The van der Waals surface area contributed by atoms with Crippen molar-refractivity contribution in [2.75, 3.05) is 5.32 Å². The third kappa shape index (κ3) is 4.86. The Kier molecular flexibility index (Phi) is 5.53. The average molecular weight is 350 g/mol. The smallest absolute Gasteiger partial charge is 0.270 e. The van der Waals surface area contributed by atoms with E-state index in [9.17, 15) is 9.18 Å². The van der Waals surface area contributed by atoms with Crippen LogP contribution in [0.1, 0.15) is 27.2 Å². The first-order chi connectivity index (χ1) is 12.6. The molecule has 0 aliphatic heterocycles. The Balaban J connectivity index is 1.59. The third-order valence-electron chi connectivity index (χ3n) is 3.82. The molecule has 2 aromatic carbocycles. The summed E-state index contributed by atoms with van der Waals surface area (Å²) in [5.74, 6) is -0.00729. The summed E-state index contributed by atoms with van der Waals surface area (Å²) in [6.07, 6.45) is 1.34. The van der Waals surface area contributed by atoms with Gasteiger partial charge in [-0.25, -0.2) is 14.4 Å². The van der Waals surface area contributed by atoms with Gasteiger partial charge in [0.1, 0.15) is 23.7 Å². The van der Waals surface area contributed by atoms with Crippen molar-refractivity contribution in [1.29, 1.82) is 0 Å². The molecule has 0 bridgehead atoms. The number of halogens is 1. The predicted octanol–water partition coefficient (Wildman–Crippen LogP) is 3.47. The van der Waals surface area contributed by atoms with Gasteiger partial charge in [-0.05, 0) is 30.2 Å². The maximum atomic E-state index is 12.9. The van der Waals surface area contributed by atoms with Crippen LogP contribution in [0.15, 0.2) is 60.9 Å². The van der Waals surface area contributed by atoms with Gasteiger partial charge >= 0.3 is 0 Å². The summed E-state index contributed by atoms with van der Waals surface area (Å²) in [5, 5.41) is 5.95. The number of nitrogens with zero attached hydrogens (tertiary/aromatic N) is 2. The SMILES string of the molecule is Cc1cccc(CNC(=O)c2cc(NCc3ccc(F)cc3)ncn2)c1. The highest BCUT2D eigenvalue weighted by Crippen LogP contribution is 2.09. The summed E-state index contributed by atoms with van der Waals surface area (Å²) < 4.78 is 12.9. The van der Waals surface area contributed by atoms with Gasteiger partial charge < -0.3 is 10.6 Å². The molecular weight excluding hydrogens is 331 g/mol. The molecule has 1 heterocycles. The standard InChI is InChI=1S/C20H19FN4O/c1-14-3-2-4-16(9-14)12-23-20(26)18-10-19(25-13-24-18)22-11-15-5-7-17(21)8-6-15/h2-10,13H,11-12H2,1H3,(H,23,26)(H,22,24,25). The van der Waals surface area contributed by atoms with Crippen molar-refractivity contribution in [1.82, 2.24) is 15.3 Å². The van der Waals surface area contributed by atoms with Crippen LogP contribution in [0.3, 0.4) is 0 Å². The largest absolute Gasteiger partial charge is 0.366 e. The van der Waals surface area contributed by atoms with E-state index in [1.165, 1.54) is 18.5 Å². The molecule has 0 saturated carbocycles. The zero-order valence-corrected chi connectivity index (χ0v) is 14.4. The highest BCUT2D eigenvalue weighted by molar-refractivity contribution is 5.92. The molecule has 1 aromatic heterocycles. The first-order valence-electron chi connectivity index (χ1n) is 8.24. The molecule has 3 rings (SSSR count). The fourth-order valence-corrected chi connectivity index (χ4v) is 2.47. The number of aromatic nitrogens is 2. The van der Waals surface area contributed by atoms with E-state index in [0.29, 0.717) is 18.9 Å². The van der Waals surface area contributed by atoms with Gasteiger partial charge in [0, 0.05) is 19.2 Å². The van der Waals surface area contributed by atoms with Gasteiger partial charge in [0.15, 0.2) is 0 Å². The Morgan fingerprint density at radius 1 is 1.00 bits per heavy atom. The molecule has 0 fully saturated rings. The van der Waals surface area contributed by atoms with Crippen molar-refractivity contribution < 1.29 is 9.18 Å². The summed E-state index contributed by atoms with van der Waals surface area (Å²) >= 11 is 0. The van der Waals surface area contributed by atoms with Gasteiger partial charge in [-0.2, -0.15) is 0 Å². The van der Waals surface area contributed by atoms with E-state index in [-0.39, 0.29) is 17.4 Å². The Morgan fingerprint density at radius 3 is 2.58 bits per heavy atom. The van der Waals surface area contributed by atoms with Crippen molar-refractivity contribution in [2.24, 2.45) is 0 Å². The molecule has 1 amide bonds. The van der Waals surface area contributed by atoms with Crippen LogP contribution < -0.4 is 10.6 Å². The van der Waals surface area contributed by atoms with Gasteiger partial charge in [-0.1, -0.05) is 42.0 Å². The van der Waals surface area contributed by atoms with Crippen molar-refractivity contribution in [3.05, 3.63) is 89.1 Å². The van der Waals surface area contributed by atoms with Crippen LogP contribution in [0.5, 0.6) is 0 Å². The van der Waals surface area contributed by atoms with E-state index in [4.69, 9.17) is 0 Å². The minimum absolute atomic E-state index is 0.265. The molecule has 0 aliphatic carbocycles. The maximum absolute atomic E-state index is 12.9. The number of hydrogen-bond donors (Lipinski definition) is 2. The van der Waals surface area contributed by atoms with Gasteiger partial charge in [-0.3, -0.25) is 4.79 Å². The van der Waals surface area contributed by atoms with Crippen LogP contribution in [0.4, 0.5) is 10.2 Å². The van der Waals surface area contributed by atoms with Crippen molar-refractivity contribution >= 4 is 11.7 Å². The lowest BCUT2D eigenvalue weighted by molar-refractivity contribution is 0.0946. The summed E-state index contributed by atoms with van der Waals surface area (Å²) in [5.41, 5.74) is 3.37. The Labute approximate surface area is 151 Å². The fourth-order valence-electron chi connectivity index (χ4n) is 2.47. The predicted molar refractivity (Wildman–Crippen MR) is 98.1 cm³/mol. The number of anilines is 1. The number of aryl methyl sites for hydroxylation is 1. The van der Waals surface area contributed by atoms with Gasteiger partial charge in [-0.15, -0.1) is 0 Å². The van der Waals surface area contributed by atoms with Gasteiger partial charge in [0.2, 0.25) is 0 Å². The number of benzene rings is 2. The normalized spacial score (nSPS) is 10.4. The lowest BCUT2D eigenvalue weighted by atomic mass is 10.1. The van der Waals surface area contributed by atoms with Crippen LogP contribution in [-0.4, -0.2) is 15.9 Å². The highest BCUT2D eigenvalue weighted by Gasteiger charge is 2.08. The zero-order valence-electron chi connectivity index (χ0n) is 14.4. The van der Waals surface area contributed by atoms with Gasteiger partial charge in [0.25, 0.3) is 5.91 Å². The molecule has 0 radical (unpaired) electrons. The van der Waals surface area contributed by atoms with Crippen LogP contribution in [-0.2, 0) is 13.1 Å². The topological polar surface area (TPSA) is 66.9 Å². The van der Waals surface area contributed by atoms with E-state index in [2.05, 4.69) is 20.6 Å². The van der Waals surface area contributed by atoms with E-state index in [1.807, 2.05) is 31.2 Å². The molecule has 26 heavy (non-hydrogen) atoms. The third-order valence-corrected chi connectivity index (χ3v) is 3.82. The molecule has 6 heteroatoms. The summed E-state index contributed by atoms with van der Waals surface area (Å²) in [6.45, 7) is 2.92. The lowest BCUT2D eigenvalue weighted by Crippen LogP contribution is -2.24. The molecular formula is C20H19FN4O. The molecule has 0 spiro atoms. The number of hydrogen-bond acceptors (Lipinski definition) is 4. The number of carbonyl (C=O) groups is 1. The molecule has 132 valence electrons. The number of rotatable bonds is 6. The maximum Gasteiger partial charge on any atom is 0.270 e. The number of nitrogens with one attached hydrogen (secondary N) is 2. The molecule has 0 aliphatic rings. The van der Waals surface area contributed by atoms with E-state index < -0.39 is 0 Å². The molecule has 0 atom stereocenters. The Hall–Kier alpha value is -3.28. The summed E-state index contributed by atoms with van der Waals surface area (Å²) in [4.78, 5) is 20.4. The molecule has 3 aromatic rings. The van der Waals surface area contributed by atoms with Gasteiger partial charge in [0.05, 0.1) is 0 Å². The van der Waals surface area contributed by atoms with Crippen molar-refractivity contribution in [2.45, 2.75) is 20.0 Å². The molecule has 2 N–H and O–H groups in total. The zero-order chi connectivity index (χ0) is 18.4. The first-order valence-corrected chi connectivity index (χ1v) is 8.24. The summed E-state index contributed by atoms with van der Waals surface area (Å²) in [6, 6.07) is 15.7. The monoisotopic (exact) mass is 350 g/mol. The quantitative estimate of drug-likeness (QED) is 0.714. The second-order valence-electron chi connectivity index (χ2n) is 5.94. The Morgan fingerprint density at radius 2 is 1.81 bits per heavy atom. The van der Waals surface area contributed by atoms with E-state index >= 15 is 0 Å². The molecule has 0 unspecified atom stereocenters. The second-order valence-corrected chi connectivity index (χ2v) is 5.94. The van der Waals surface area contributed by atoms with E-state index in [0.717, 1.165) is 16.7 Å². The van der Waals surface area contributed by atoms with E-state index in [1.54, 1.807) is 18.2 Å². The minimum atomic E-state index is -0.275. The van der Waals surface area contributed by atoms with Crippen LogP contribution >= 0.6 is 0 Å². The lowest BCUT2D eigenvalue weighted by Gasteiger charge is -2.08. The number of carbonyl (C=O) groups excluding carboxylic acids is 1. The van der Waals surface area contributed by atoms with Crippen LogP contribution in [0.25, 0.3) is 0 Å². The average Bonchev–Trinajstić information content (AvgIpc) is 2.66. The second kappa shape index (κ2) is 8.20. The first kappa shape index (κ1) is 17.5.